The summed E-state index contributed by atoms with van der Waals surface area (Å²) < 4.78 is 59.1. The number of nitrogens with zero attached hydrogens (tertiary/aromatic N) is 2. The van der Waals surface area contributed by atoms with E-state index in [1.807, 2.05) is 38.1 Å². The number of aromatic nitrogens is 2. The van der Waals surface area contributed by atoms with Gasteiger partial charge in [-0.3, -0.25) is 9.11 Å². The van der Waals surface area contributed by atoms with E-state index in [0.717, 1.165) is 22.0 Å². The second-order valence-electron chi connectivity index (χ2n) is 6.86. The SMILES string of the molecule is Cc1ccc(S(=O)(=O)O)cc1.Cc1ccc(S(=O)(=O)O)cc1.Nc1ncc2ccccc2n1.O. The fourth-order valence-electron chi connectivity index (χ4n) is 2.41. The highest BCUT2D eigenvalue weighted by atomic mass is 32.2. The molecule has 0 saturated heterocycles. The lowest BCUT2D eigenvalue weighted by atomic mass is 10.2. The minimum atomic E-state index is -4.02. The van der Waals surface area contributed by atoms with Gasteiger partial charge in [-0.25, -0.2) is 9.97 Å². The first kappa shape index (κ1) is 28.6. The first-order valence-corrected chi connectivity index (χ1v) is 12.3. The molecule has 0 aliphatic carbocycles. The molecule has 10 nitrogen and oxygen atoms in total. The number of aryl methyl sites for hydroxylation is 2. The van der Waals surface area contributed by atoms with Gasteiger partial charge in [0.2, 0.25) is 5.95 Å². The van der Waals surface area contributed by atoms with Crippen molar-refractivity contribution in [2.75, 3.05) is 5.73 Å². The summed E-state index contributed by atoms with van der Waals surface area (Å²) in [6.45, 7) is 3.68. The summed E-state index contributed by atoms with van der Waals surface area (Å²) in [5.41, 5.74) is 8.20. The first-order chi connectivity index (χ1) is 15.4. The maximum atomic E-state index is 10.5. The lowest BCUT2D eigenvalue weighted by Gasteiger charge is -1.95. The topological polar surface area (TPSA) is 192 Å². The van der Waals surface area contributed by atoms with E-state index in [9.17, 15) is 16.8 Å². The van der Waals surface area contributed by atoms with Crippen LogP contribution >= 0.6 is 0 Å². The lowest BCUT2D eigenvalue weighted by Crippen LogP contribution is -1.96. The van der Waals surface area contributed by atoms with Crippen molar-refractivity contribution in [3.05, 3.63) is 90.1 Å². The van der Waals surface area contributed by atoms with E-state index in [2.05, 4.69) is 9.97 Å². The summed E-state index contributed by atoms with van der Waals surface area (Å²) in [7, 11) is -8.04. The van der Waals surface area contributed by atoms with Gasteiger partial charge in [-0.2, -0.15) is 16.8 Å². The summed E-state index contributed by atoms with van der Waals surface area (Å²) in [6, 6.07) is 19.7. The molecule has 1 heterocycles. The van der Waals surface area contributed by atoms with Gasteiger partial charge in [-0.1, -0.05) is 53.6 Å². The third-order valence-electron chi connectivity index (χ3n) is 4.15. The van der Waals surface area contributed by atoms with Gasteiger partial charge in [0.1, 0.15) is 0 Å². The molecule has 0 unspecified atom stereocenters. The third-order valence-corrected chi connectivity index (χ3v) is 5.88. The minimum Gasteiger partial charge on any atom is -0.412 e. The van der Waals surface area contributed by atoms with Crippen LogP contribution in [0.3, 0.4) is 0 Å². The van der Waals surface area contributed by atoms with Crippen LogP contribution in [-0.4, -0.2) is 41.4 Å². The Labute approximate surface area is 197 Å². The monoisotopic (exact) mass is 507 g/mol. The molecule has 0 saturated carbocycles. The predicted molar refractivity (Wildman–Crippen MR) is 130 cm³/mol. The van der Waals surface area contributed by atoms with Gasteiger partial charge < -0.3 is 11.2 Å². The summed E-state index contributed by atoms with van der Waals surface area (Å²) in [5.74, 6) is 0.323. The number of para-hydroxylation sites is 1. The number of hydrogen-bond acceptors (Lipinski definition) is 7. The molecule has 34 heavy (non-hydrogen) atoms. The quantitative estimate of drug-likeness (QED) is 0.342. The molecule has 0 atom stereocenters. The highest BCUT2D eigenvalue weighted by Crippen LogP contribution is 2.10. The van der Waals surface area contributed by atoms with Crippen LogP contribution in [0.2, 0.25) is 0 Å². The third kappa shape index (κ3) is 9.21. The molecule has 1 aromatic heterocycles. The van der Waals surface area contributed by atoms with Gasteiger partial charge in [0.05, 0.1) is 15.3 Å². The molecule has 0 amide bonds. The zero-order chi connectivity index (χ0) is 24.6. The molecule has 4 aromatic rings. The van der Waals surface area contributed by atoms with Crippen LogP contribution < -0.4 is 5.73 Å². The van der Waals surface area contributed by atoms with E-state index < -0.39 is 20.2 Å². The second-order valence-corrected chi connectivity index (χ2v) is 9.71. The van der Waals surface area contributed by atoms with Gasteiger partial charge in [-0.05, 0) is 44.2 Å². The highest BCUT2D eigenvalue weighted by Gasteiger charge is 2.07. The minimum absolute atomic E-state index is 0. The Morgan fingerprint density at radius 3 is 1.53 bits per heavy atom. The van der Waals surface area contributed by atoms with Gasteiger partial charge in [0.15, 0.2) is 0 Å². The molecule has 182 valence electrons. The molecule has 0 bridgehead atoms. The second kappa shape index (κ2) is 12.2. The van der Waals surface area contributed by atoms with Crippen molar-refractivity contribution in [2.24, 2.45) is 0 Å². The Hall–Kier alpha value is -3.42. The van der Waals surface area contributed by atoms with E-state index in [0.29, 0.717) is 5.95 Å². The number of fused-ring (bicyclic) bond motifs is 1. The van der Waals surface area contributed by atoms with Crippen molar-refractivity contribution >= 4 is 37.1 Å². The molecule has 0 radical (unpaired) electrons. The van der Waals surface area contributed by atoms with Gasteiger partial charge in [0.25, 0.3) is 20.2 Å². The number of nitrogens with two attached hydrogens (primary N) is 1. The largest absolute Gasteiger partial charge is 0.412 e. The van der Waals surface area contributed by atoms with E-state index in [4.69, 9.17) is 14.8 Å². The number of hydrogen-bond donors (Lipinski definition) is 3. The Balaban J connectivity index is 0.000000251. The lowest BCUT2D eigenvalue weighted by molar-refractivity contribution is 0.481. The van der Waals surface area contributed by atoms with E-state index in [1.54, 1.807) is 30.5 Å². The number of rotatable bonds is 2. The van der Waals surface area contributed by atoms with E-state index in [-0.39, 0.29) is 15.3 Å². The Kier molecular flexibility index (Phi) is 10.2. The maximum Gasteiger partial charge on any atom is 0.294 e. The fraction of sp³-hybridized carbons (Fsp3) is 0.0909. The van der Waals surface area contributed by atoms with Crippen LogP contribution in [-0.2, 0) is 20.2 Å². The fourth-order valence-corrected chi connectivity index (χ4v) is 3.37. The van der Waals surface area contributed by atoms with Crippen molar-refractivity contribution in [1.29, 1.82) is 0 Å². The van der Waals surface area contributed by atoms with Crippen molar-refractivity contribution in [2.45, 2.75) is 23.6 Å². The molecule has 0 aliphatic heterocycles. The summed E-state index contributed by atoms with van der Waals surface area (Å²) in [6.07, 6.45) is 1.72. The zero-order valence-corrected chi connectivity index (χ0v) is 20.0. The van der Waals surface area contributed by atoms with Crippen LogP contribution in [0.1, 0.15) is 11.1 Å². The van der Waals surface area contributed by atoms with Crippen LogP contribution in [0.4, 0.5) is 5.95 Å². The Bertz CT molecular complexity index is 1350. The first-order valence-electron chi connectivity index (χ1n) is 9.42. The van der Waals surface area contributed by atoms with Crippen LogP contribution in [0.25, 0.3) is 10.9 Å². The van der Waals surface area contributed by atoms with Crippen LogP contribution in [0.15, 0.2) is 88.8 Å². The Morgan fingerprint density at radius 1 is 0.706 bits per heavy atom. The molecule has 3 aromatic carbocycles. The maximum absolute atomic E-state index is 10.5. The average Bonchev–Trinajstić information content (AvgIpc) is 2.74. The number of nitrogen functional groups attached to an aromatic ring is 1. The molecule has 0 fully saturated rings. The van der Waals surface area contributed by atoms with Crippen molar-refractivity contribution in [1.82, 2.24) is 9.97 Å². The molecular weight excluding hydrogens is 482 g/mol. The molecule has 6 N–H and O–H groups in total. The van der Waals surface area contributed by atoms with Gasteiger partial charge >= 0.3 is 0 Å². The smallest absolute Gasteiger partial charge is 0.294 e. The van der Waals surface area contributed by atoms with Gasteiger partial charge in [0, 0.05) is 11.6 Å². The summed E-state index contributed by atoms with van der Waals surface area (Å²) in [4.78, 5) is 7.78. The summed E-state index contributed by atoms with van der Waals surface area (Å²) >= 11 is 0. The van der Waals surface area contributed by atoms with E-state index in [1.165, 1.54) is 24.3 Å². The standard InChI is InChI=1S/C8H7N3.2C7H8O3S.H2O/c9-8-10-5-6-3-1-2-4-7(6)11-8;2*1-6-2-4-7(5-3-6)11(8,9)10;/h1-5H,(H2,9,10,11);2*2-5H,1H3,(H,8,9,10);1H2. The zero-order valence-electron chi connectivity index (χ0n) is 18.3. The highest BCUT2D eigenvalue weighted by molar-refractivity contribution is 7.86. The predicted octanol–water partition coefficient (Wildman–Crippen LogP) is 2.87. The van der Waals surface area contributed by atoms with Gasteiger partial charge in [-0.15, -0.1) is 0 Å². The van der Waals surface area contributed by atoms with Crippen molar-refractivity contribution < 1.29 is 31.4 Å². The molecule has 0 aliphatic rings. The van der Waals surface area contributed by atoms with E-state index >= 15 is 0 Å². The van der Waals surface area contributed by atoms with Crippen molar-refractivity contribution in [3.63, 3.8) is 0 Å². The van der Waals surface area contributed by atoms with Crippen LogP contribution in [0, 0.1) is 13.8 Å². The van der Waals surface area contributed by atoms with Crippen molar-refractivity contribution in [3.8, 4) is 0 Å². The molecule has 12 heteroatoms. The molecular formula is C22H25N3O7S2. The number of benzene rings is 3. The molecule has 4 rings (SSSR count). The molecule has 0 spiro atoms. The normalized spacial score (nSPS) is 10.7. The Morgan fingerprint density at radius 2 is 1.12 bits per heavy atom. The van der Waals surface area contributed by atoms with Crippen LogP contribution in [0.5, 0.6) is 0 Å². The summed E-state index contributed by atoms with van der Waals surface area (Å²) in [5, 5.41) is 1.02. The average molecular weight is 508 g/mol. The number of anilines is 1.